The number of Topliss-reactive ketones (excluding diaryl/α,β-unsaturated/α-hetero) is 1. The number of carbonyl (C=O) groups is 3. The Hall–Kier alpha value is -1.76. The van der Waals surface area contributed by atoms with Gasteiger partial charge in [-0.2, -0.15) is 11.8 Å². The molecule has 6 nitrogen and oxygen atoms in total. The minimum atomic E-state index is -0.198. The number of nitrogens with one attached hydrogen (secondary N) is 3. The van der Waals surface area contributed by atoms with Crippen molar-refractivity contribution >= 4 is 29.4 Å². The number of fused-ring (bicyclic) bond motifs is 1. The lowest BCUT2D eigenvalue weighted by Gasteiger charge is -2.37. The Bertz CT molecular complexity index is 753. The minimum absolute atomic E-state index is 0.000736. The zero-order chi connectivity index (χ0) is 19.1. The van der Waals surface area contributed by atoms with Gasteiger partial charge in [0.05, 0.1) is 5.75 Å². The monoisotopic (exact) mass is 377 g/mol. The summed E-state index contributed by atoms with van der Waals surface area (Å²) in [5.41, 5.74) is 2.68. The number of thioether (sulfide) groups is 1. The van der Waals surface area contributed by atoms with Gasteiger partial charge in [-0.1, -0.05) is 13.8 Å². The van der Waals surface area contributed by atoms with Crippen LogP contribution in [0.3, 0.4) is 0 Å². The Morgan fingerprint density at radius 2 is 1.85 bits per heavy atom. The maximum atomic E-state index is 12.7. The molecule has 7 heteroatoms. The van der Waals surface area contributed by atoms with E-state index in [1.165, 1.54) is 11.8 Å². The van der Waals surface area contributed by atoms with E-state index < -0.39 is 0 Å². The molecule has 0 aliphatic heterocycles. The highest BCUT2D eigenvalue weighted by Gasteiger charge is 2.37. The number of aromatic amines is 1. The highest BCUT2D eigenvalue weighted by atomic mass is 32.2. The Morgan fingerprint density at radius 1 is 1.19 bits per heavy atom. The average molecular weight is 378 g/mol. The third-order valence-electron chi connectivity index (χ3n) is 5.34. The van der Waals surface area contributed by atoms with Crippen molar-refractivity contribution in [3.63, 3.8) is 0 Å². The summed E-state index contributed by atoms with van der Waals surface area (Å²) >= 11 is 1.48. The van der Waals surface area contributed by atoms with Gasteiger partial charge in [0.25, 0.3) is 5.91 Å². The standard InChI is InChI=1S/C19H27N3O3S/c1-10-16-13(7-19(2,3)8-14(16)23)21-17(10)18(25)22-12-6-5-11(12)20-15(24)9-26-4/h11-12,21H,5-9H2,1-4H3,(H,20,24)(H,22,25). The van der Waals surface area contributed by atoms with E-state index in [0.29, 0.717) is 23.4 Å². The fraction of sp³-hybridized carbons (Fsp3) is 0.632. The van der Waals surface area contributed by atoms with Crippen LogP contribution >= 0.6 is 11.8 Å². The third kappa shape index (κ3) is 3.68. The molecule has 0 spiro atoms. The van der Waals surface area contributed by atoms with Crippen LogP contribution in [-0.4, -0.2) is 46.7 Å². The lowest BCUT2D eigenvalue weighted by Crippen LogP contribution is -2.58. The van der Waals surface area contributed by atoms with E-state index in [1.807, 2.05) is 13.2 Å². The Morgan fingerprint density at radius 3 is 2.46 bits per heavy atom. The minimum Gasteiger partial charge on any atom is -0.354 e. The van der Waals surface area contributed by atoms with Gasteiger partial charge in [0.2, 0.25) is 5.91 Å². The van der Waals surface area contributed by atoms with Crippen LogP contribution in [0.4, 0.5) is 0 Å². The molecular formula is C19H27N3O3S. The number of carbonyl (C=O) groups excluding carboxylic acids is 3. The van der Waals surface area contributed by atoms with Crippen molar-refractivity contribution in [3.05, 3.63) is 22.5 Å². The van der Waals surface area contributed by atoms with E-state index in [0.717, 1.165) is 30.5 Å². The molecule has 2 atom stereocenters. The zero-order valence-electron chi connectivity index (χ0n) is 15.8. The first-order valence-corrected chi connectivity index (χ1v) is 10.4. The van der Waals surface area contributed by atoms with Crippen molar-refractivity contribution in [2.45, 2.75) is 58.5 Å². The molecule has 0 bridgehead atoms. The smallest absolute Gasteiger partial charge is 0.268 e. The second kappa shape index (κ2) is 7.10. The van der Waals surface area contributed by atoms with Gasteiger partial charge in [-0.15, -0.1) is 0 Å². The largest absolute Gasteiger partial charge is 0.354 e. The molecular weight excluding hydrogens is 350 g/mol. The first-order valence-electron chi connectivity index (χ1n) is 9.05. The summed E-state index contributed by atoms with van der Waals surface area (Å²) in [6.45, 7) is 5.97. The quantitative estimate of drug-likeness (QED) is 0.734. The summed E-state index contributed by atoms with van der Waals surface area (Å²) in [5, 5.41) is 5.98. The van der Waals surface area contributed by atoms with Crippen molar-refractivity contribution < 1.29 is 14.4 Å². The number of H-pyrrole nitrogens is 1. The van der Waals surface area contributed by atoms with Gasteiger partial charge in [0.1, 0.15) is 5.69 Å². The molecule has 2 amide bonds. The molecule has 1 aromatic rings. The van der Waals surface area contributed by atoms with Gasteiger partial charge in [-0.25, -0.2) is 0 Å². The van der Waals surface area contributed by atoms with Gasteiger partial charge < -0.3 is 15.6 Å². The predicted molar refractivity (Wildman–Crippen MR) is 103 cm³/mol. The van der Waals surface area contributed by atoms with E-state index in [1.54, 1.807) is 0 Å². The van der Waals surface area contributed by atoms with E-state index >= 15 is 0 Å². The molecule has 2 aliphatic rings. The molecule has 1 aromatic heterocycles. The van der Waals surface area contributed by atoms with Crippen molar-refractivity contribution in [2.75, 3.05) is 12.0 Å². The van der Waals surface area contributed by atoms with E-state index in [-0.39, 0.29) is 35.1 Å². The lowest BCUT2D eigenvalue weighted by molar-refractivity contribution is -0.120. The summed E-state index contributed by atoms with van der Waals surface area (Å²) in [6.07, 6.45) is 4.88. The van der Waals surface area contributed by atoms with E-state index in [2.05, 4.69) is 29.5 Å². The highest BCUT2D eigenvalue weighted by molar-refractivity contribution is 7.99. The van der Waals surface area contributed by atoms with Crippen LogP contribution < -0.4 is 10.6 Å². The van der Waals surface area contributed by atoms with Gasteiger partial charge in [0.15, 0.2) is 5.78 Å². The van der Waals surface area contributed by atoms with Crippen LogP contribution in [0.5, 0.6) is 0 Å². The van der Waals surface area contributed by atoms with Crippen LogP contribution in [0.15, 0.2) is 0 Å². The number of hydrogen-bond acceptors (Lipinski definition) is 4. The molecule has 26 heavy (non-hydrogen) atoms. The number of amides is 2. The van der Waals surface area contributed by atoms with Crippen molar-refractivity contribution in [3.8, 4) is 0 Å². The lowest BCUT2D eigenvalue weighted by atomic mass is 9.75. The molecule has 0 saturated heterocycles. The van der Waals surface area contributed by atoms with Gasteiger partial charge in [-0.05, 0) is 43.4 Å². The molecule has 1 saturated carbocycles. The number of aromatic nitrogens is 1. The van der Waals surface area contributed by atoms with Crippen molar-refractivity contribution in [2.24, 2.45) is 5.41 Å². The number of hydrogen-bond donors (Lipinski definition) is 3. The first-order chi connectivity index (χ1) is 12.2. The summed E-state index contributed by atoms with van der Waals surface area (Å²) < 4.78 is 0. The molecule has 3 rings (SSSR count). The molecule has 0 aromatic carbocycles. The molecule has 2 unspecified atom stereocenters. The number of ketones is 1. The SMILES string of the molecule is CSCC(=O)NC1CCC1NC(=O)c1[nH]c2c(c1C)C(=O)CC(C)(C)C2. The topological polar surface area (TPSA) is 91.1 Å². The van der Waals surface area contributed by atoms with Gasteiger partial charge in [0, 0.05) is 29.8 Å². The summed E-state index contributed by atoms with van der Waals surface area (Å²) in [7, 11) is 0. The van der Waals surface area contributed by atoms with E-state index in [9.17, 15) is 14.4 Å². The molecule has 0 radical (unpaired) electrons. The van der Waals surface area contributed by atoms with E-state index in [4.69, 9.17) is 0 Å². The average Bonchev–Trinajstić information content (AvgIpc) is 2.85. The van der Waals surface area contributed by atoms with Crippen molar-refractivity contribution in [1.82, 2.24) is 15.6 Å². The fourth-order valence-electron chi connectivity index (χ4n) is 3.93. The third-order valence-corrected chi connectivity index (χ3v) is 5.89. The second-order valence-electron chi connectivity index (χ2n) is 8.18. The fourth-order valence-corrected chi connectivity index (χ4v) is 4.27. The number of rotatable bonds is 5. The zero-order valence-corrected chi connectivity index (χ0v) is 16.6. The molecule has 3 N–H and O–H groups in total. The maximum Gasteiger partial charge on any atom is 0.268 e. The van der Waals surface area contributed by atoms with Crippen molar-refractivity contribution in [1.29, 1.82) is 0 Å². The molecule has 142 valence electrons. The summed E-state index contributed by atoms with van der Waals surface area (Å²) in [5.74, 6) is 0.337. The molecule has 1 heterocycles. The maximum absolute atomic E-state index is 12.7. The second-order valence-corrected chi connectivity index (χ2v) is 9.05. The first kappa shape index (κ1) is 19.0. The van der Waals surface area contributed by atoms with Crippen LogP contribution in [0, 0.1) is 12.3 Å². The molecule has 2 aliphatic carbocycles. The van der Waals surface area contributed by atoms with Gasteiger partial charge >= 0.3 is 0 Å². The van der Waals surface area contributed by atoms with Crippen LogP contribution in [0.25, 0.3) is 0 Å². The Labute approximate surface area is 158 Å². The van der Waals surface area contributed by atoms with Crippen LogP contribution in [0.1, 0.15) is 65.2 Å². The van der Waals surface area contributed by atoms with Crippen LogP contribution in [0.2, 0.25) is 0 Å². The normalized spacial score (nSPS) is 23.8. The predicted octanol–water partition coefficient (Wildman–Crippen LogP) is 2.22. The highest BCUT2D eigenvalue weighted by Crippen LogP contribution is 2.36. The van der Waals surface area contributed by atoms with Gasteiger partial charge in [-0.3, -0.25) is 14.4 Å². The summed E-state index contributed by atoms with van der Waals surface area (Å²) in [6, 6.07) is -0.0655. The molecule has 1 fully saturated rings. The summed E-state index contributed by atoms with van der Waals surface area (Å²) in [4.78, 5) is 40.2. The van der Waals surface area contributed by atoms with Crippen LogP contribution in [-0.2, 0) is 11.2 Å². The Balaban J connectivity index is 1.70. The Kier molecular flexibility index (Phi) is 5.19.